The zero-order valence-electron chi connectivity index (χ0n) is 17.9. The molecule has 2 fully saturated rings. The van der Waals surface area contributed by atoms with E-state index in [0.29, 0.717) is 18.1 Å². The molecule has 0 aromatic heterocycles. The Bertz CT molecular complexity index is 1130. The lowest BCUT2D eigenvalue weighted by molar-refractivity contribution is -0.140. The van der Waals surface area contributed by atoms with Crippen molar-refractivity contribution in [3.63, 3.8) is 0 Å². The molecule has 6 rings (SSSR count). The lowest BCUT2D eigenvalue weighted by Gasteiger charge is -2.37. The van der Waals surface area contributed by atoms with Gasteiger partial charge in [-0.1, -0.05) is 40.2 Å². The largest absolute Gasteiger partial charge is 0.493 e. The Hall–Kier alpha value is -2.20. The highest BCUT2D eigenvalue weighted by molar-refractivity contribution is 14.1. The number of ether oxygens (including phenoxy) is 2. The zero-order chi connectivity index (χ0) is 23.1. The monoisotopic (exact) mass is 620 g/mol. The van der Waals surface area contributed by atoms with Crippen molar-refractivity contribution in [2.45, 2.75) is 19.4 Å². The number of carbonyl (C=O) groups excluding carboxylic acids is 2. The molecule has 2 bridgehead atoms. The first kappa shape index (κ1) is 22.6. The lowest BCUT2D eigenvalue weighted by Crippen LogP contribution is -2.38. The first-order chi connectivity index (χ1) is 16.0. The smallest absolute Gasteiger partial charge is 0.254 e. The zero-order valence-corrected chi connectivity index (χ0v) is 21.7. The van der Waals surface area contributed by atoms with Crippen molar-refractivity contribution in [3.05, 3.63) is 67.7 Å². The van der Waals surface area contributed by atoms with Gasteiger partial charge in [-0.3, -0.25) is 9.59 Å². The van der Waals surface area contributed by atoms with Crippen LogP contribution in [0.1, 0.15) is 24.0 Å². The number of fused-ring (bicyclic) bond motifs is 1. The quantitative estimate of drug-likeness (QED) is 0.193. The Balaban J connectivity index is 1.34. The summed E-state index contributed by atoms with van der Waals surface area (Å²) in [4.78, 5) is 25.9. The first-order valence-electron chi connectivity index (χ1n) is 10.8. The third-order valence-electron chi connectivity index (χ3n) is 6.61. The lowest BCUT2D eigenvalue weighted by atomic mass is 9.63. The molecule has 2 aromatic carbocycles. The number of hydrogen-bond donors (Lipinski definition) is 0. The third kappa shape index (κ3) is 4.23. The van der Waals surface area contributed by atoms with Crippen LogP contribution in [-0.4, -0.2) is 30.1 Å². The van der Waals surface area contributed by atoms with Crippen LogP contribution in [0.15, 0.2) is 58.1 Å². The summed E-state index contributed by atoms with van der Waals surface area (Å²) in [6.07, 6.45) is 7.69. The van der Waals surface area contributed by atoms with Crippen molar-refractivity contribution in [3.8, 4) is 11.5 Å². The van der Waals surface area contributed by atoms with E-state index in [2.05, 4.69) is 55.8 Å². The number of rotatable bonds is 6. The summed E-state index contributed by atoms with van der Waals surface area (Å²) >= 11 is 5.62. The number of benzene rings is 2. The van der Waals surface area contributed by atoms with Gasteiger partial charge in [-0.2, -0.15) is 10.1 Å². The summed E-state index contributed by atoms with van der Waals surface area (Å²) in [7, 11) is 1.58. The fraction of sp³-hybridized carbons (Fsp3) is 0.320. The molecule has 170 valence electrons. The fourth-order valence-electron chi connectivity index (χ4n) is 4.99. The molecule has 0 N–H and O–H groups in total. The molecule has 1 saturated heterocycles. The van der Waals surface area contributed by atoms with Gasteiger partial charge in [0.1, 0.15) is 6.61 Å². The number of nitrogens with zero attached hydrogens (tertiary/aromatic N) is 2. The highest BCUT2D eigenvalue weighted by Gasteiger charge is 2.56. The van der Waals surface area contributed by atoms with Crippen molar-refractivity contribution < 1.29 is 19.1 Å². The number of halogens is 2. The van der Waals surface area contributed by atoms with Gasteiger partial charge in [0, 0.05) is 4.47 Å². The molecule has 3 aliphatic carbocycles. The minimum atomic E-state index is -0.262. The maximum absolute atomic E-state index is 13.0. The third-order valence-corrected chi connectivity index (χ3v) is 7.94. The average Bonchev–Trinajstić information content (AvgIpc) is 3.10. The maximum Gasteiger partial charge on any atom is 0.254 e. The average molecular weight is 621 g/mol. The van der Waals surface area contributed by atoms with Crippen molar-refractivity contribution in [2.24, 2.45) is 28.8 Å². The molecule has 2 amide bonds. The van der Waals surface area contributed by atoms with E-state index in [1.54, 1.807) is 19.4 Å². The number of amides is 2. The van der Waals surface area contributed by atoms with Gasteiger partial charge in [-0.25, -0.2) is 0 Å². The van der Waals surface area contributed by atoms with Crippen molar-refractivity contribution in [2.75, 3.05) is 7.11 Å². The number of methoxy groups -OCH3 is 1. The second kappa shape index (κ2) is 9.21. The molecule has 8 heteroatoms. The Morgan fingerprint density at radius 2 is 1.73 bits per heavy atom. The summed E-state index contributed by atoms with van der Waals surface area (Å²) in [5.74, 6) is 0.619. The van der Waals surface area contributed by atoms with Crippen molar-refractivity contribution in [1.29, 1.82) is 0 Å². The Morgan fingerprint density at radius 3 is 2.30 bits per heavy atom. The van der Waals surface area contributed by atoms with Crippen LogP contribution >= 0.6 is 38.5 Å². The van der Waals surface area contributed by atoms with Crippen LogP contribution in [0.3, 0.4) is 0 Å². The highest BCUT2D eigenvalue weighted by Crippen LogP contribution is 2.49. The van der Waals surface area contributed by atoms with Crippen LogP contribution in [0, 0.1) is 27.2 Å². The van der Waals surface area contributed by atoms with Crippen LogP contribution in [0.25, 0.3) is 0 Å². The summed E-state index contributed by atoms with van der Waals surface area (Å²) in [5.41, 5.74) is 1.77. The van der Waals surface area contributed by atoms with E-state index in [4.69, 9.17) is 9.47 Å². The van der Waals surface area contributed by atoms with Crippen LogP contribution in [0.5, 0.6) is 11.5 Å². The van der Waals surface area contributed by atoms with Gasteiger partial charge in [0.05, 0.1) is 28.7 Å². The van der Waals surface area contributed by atoms with Gasteiger partial charge in [-0.15, -0.1) is 0 Å². The minimum Gasteiger partial charge on any atom is -0.493 e. The van der Waals surface area contributed by atoms with E-state index in [1.165, 1.54) is 0 Å². The van der Waals surface area contributed by atoms with Gasteiger partial charge in [0.2, 0.25) is 0 Å². The molecule has 0 unspecified atom stereocenters. The van der Waals surface area contributed by atoms with Crippen molar-refractivity contribution in [1.82, 2.24) is 5.01 Å². The predicted molar refractivity (Wildman–Crippen MR) is 136 cm³/mol. The first-order valence-corrected chi connectivity index (χ1v) is 12.7. The molecule has 33 heavy (non-hydrogen) atoms. The maximum atomic E-state index is 13.0. The SMILES string of the molecule is COc1cc(/C=N\N2C(=O)[C@@H]3[C@@H](C2=O)[C@H]2C=C[C@H]3CC2)cc(I)c1OCc1ccc(Br)cc1. The minimum absolute atomic E-state index is 0.153. The molecule has 1 aliphatic heterocycles. The number of carbonyl (C=O) groups is 2. The Morgan fingerprint density at radius 1 is 1.09 bits per heavy atom. The van der Waals surface area contributed by atoms with Crippen LogP contribution < -0.4 is 9.47 Å². The van der Waals surface area contributed by atoms with E-state index < -0.39 is 0 Å². The van der Waals surface area contributed by atoms with Crippen LogP contribution in [0.4, 0.5) is 0 Å². The molecular weight excluding hydrogens is 599 g/mol. The molecule has 1 heterocycles. The summed E-state index contributed by atoms with van der Waals surface area (Å²) in [6.45, 7) is 0.406. The number of hydrogen-bond acceptors (Lipinski definition) is 5. The molecule has 0 spiro atoms. The van der Waals surface area contributed by atoms with E-state index in [-0.39, 0.29) is 35.5 Å². The van der Waals surface area contributed by atoms with Gasteiger partial charge >= 0.3 is 0 Å². The number of hydrazone groups is 1. The number of imide groups is 1. The molecule has 4 atom stereocenters. The van der Waals surface area contributed by atoms with E-state index in [1.807, 2.05) is 30.3 Å². The summed E-state index contributed by atoms with van der Waals surface area (Å²) in [5, 5.41) is 5.38. The highest BCUT2D eigenvalue weighted by atomic mass is 127. The van der Waals surface area contributed by atoms with Gasteiger partial charge in [-0.05, 0) is 82.7 Å². The van der Waals surface area contributed by atoms with Crippen LogP contribution in [0.2, 0.25) is 0 Å². The second-order valence-electron chi connectivity index (χ2n) is 8.52. The molecule has 6 nitrogen and oxygen atoms in total. The summed E-state index contributed by atoms with van der Waals surface area (Å²) < 4.78 is 13.4. The van der Waals surface area contributed by atoms with Crippen LogP contribution in [-0.2, 0) is 16.2 Å². The second-order valence-corrected chi connectivity index (χ2v) is 10.6. The van der Waals surface area contributed by atoms with Gasteiger partial charge < -0.3 is 9.47 Å². The molecule has 2 aromatic rings. The number of allylic oxidation sites excluding steroid dienone is 2. The van der Waals surface area contributed by atoms with Gasteiger partial charge in [0.25, 0.3) is 11.8 Å². The Labute approximate surface area is 214 Å². The molecule has 0 radical (unpaired) electrons. The van der Waals surface area contributed by atoms with Gasteiger partial charge in [0.15, 0.2) is 11.5 Å². The van der Waals surface area contributed by atoms with E-state index >= 15 is 0 Å². The predicted octanol–water partition coefficient (Wildman–Crippen LogP) is 5.17. The molecule has 4 aliphatic rings. The van der Waals surface area contributed by atoms with Crippen molar-refractivity contribution >= 4 is 56.5 Å². The fourth-order valence-corrected chi connectivity index (χ4v) is 6.03. The normalized spacial score (nSPS) is 25.7. The van der Waals surface area contributed by atoms with E-state index in [0.717, 1.165) is 37.0 Å². The molecule has 1 saturated carbocycles. The summed E-state index contributed by atoms with van der Waals surface area (Å²) in [6, 6.07) is 11.6. The van der Waals surface area contributed by atoms with E-state index in [9.17, 15) is 9.59 Å². The molecular formula is C25H22BrIN2O4. The Kier molecular flexibility index (Phi) is 6.30. The topological polar surface area (TPSA) is 68.2 Å². The standard InChI is InChI=1S/C25H22BrIN2O4/c1-32-20-11-15(10-19(27)23(20)33-13-14-2-8-18(26)9-3-14)12-28-29-24(30)21-16-4-5-17(7-6-16)22(21)25(29)31/h2-5,8-12,16-17,21-22H,6-7,13H2,1H3/b28-12-/t16-,17-,21-,22-/m0/s1.